The summed E-state index contributed by atoms with van der Waals surface area (Å²) in [4.78, 5) is 18.3. The SMILES string of the molecule is C=C(OCC)c1ncn2c(CCc3c(F)ccc4c3CCO4)ncc(-c3cnc(C)nc3C)c12. The van der Waals surface area contributed by atoms with Crippen molar-refractivity contribution in [3.63, 3.8) is 0 Å². The van der Waals surface area contributed by atoms with Crippen molar-refractivity contribution in [2.24, 2.45) is 0 Å². The van der Waals surface area contributed by atoms with E-state index in [-0.39, 0.29) is 5.82 Å². The maximum absolute atomic E-state index is 14.7. The summed E-state index contributed by atoms with van der Waals surface area (Å²) in [5, 5.41) is 0. The van der Waals surface area contributed by atoms with Crippen LogP contribution < -0.4 is 4.74 Å². The average Bonchev–Trinajstić information content (AvgIpc) is 3.47. The lowest BCUT2D eigenvalue weighted by molar-refractivity contribution is 0.298. The van der Waals surface area contributed by atoms with Crippen LogP contribution in [-0.4, -0.2) is 37.6 Å². The Morgan fingerprint density at radius 1 is 1.15 bits per heavy atom. The van der Waals surface area contributed by atoms with Crippen molar-refractivity contribution in [2.75, 3.05) is 13.2 Å². The minimum Gasteiger partial charge on any atom is -0.493 e. The number of fused-ring (bicyclic) bond motifs is 2. The van der Waals surface area contributed by atoms with Crippen LogP contribution in [0, 0.1) is 19.7 Å². The topological polar surface area (TPSA) is 74.4 Å². The molecule has 0 unspecified atom stereocenters. The first kappa shape index (κ1) is 22.0. The predicted octanol–water partition coefficient (Wildman–Crippen LogP) is 4.67. The van der Waals surface area contributed by atoms with E-state index in [4.69, 9.17) is 14.5 Å². The number of halogens is 1. The fourth-order valence-corrected chi connectivity index (χ4v) is 4.56. The second-order valence-corrected chi connectivity index (χ2v) is 8.27. The van der Waals surface area contributed by atoms with Gasteiger partial charge in [-0.15, -0.1) is 0 Å². The molecule has 0 saturated carbocycles. The van der Waals surface area contributed by atoms with Crippen LogP contribution in [0.15, 0.2) is 37.4 Å². The molecule has 4 aromatic rings. The number of hydrogen-bond acceptors (Lipinski definition) is 6. The number of nitrogens with zero attached hydrogens (tertiary/aromatic N) is 5. The fraction of sp³-hybridized carbons (Fsp3) is 0.308. The van der Waals surface area contributed by atoms with Gasteiger partial charge in [-0.2, -0.15) is 0 Å². The molecule has 1 aliphatic heterocycles. The Hall–Kier alpha value is -3.81. The summed E-state index contributed by atoms with van der Waals surface area (Å²) >= 11 is 0. The molecule has 0 fully saturated rings. The van der Waals surface area contributed by atoms with Crippen LogP contribution >= 0.6 is 0 Å². The Morgan fingerprint density at radius 3 is 2.76 bits per heavy atom. The number of hydrogen-bond donors (Lipinski definition) is 0. The standard InChI is InChI=1S/C26H26FN5O2/c1-5-33-16(3)25-26-21(20-12-28-17(4)31-15(20)2)13-29-24(32(26)14-30-25)9-6-18-19-10-11-34-23(19)8-7-22(18)27/h7-8,12-14H,3,5-6,9-11H2,1-2,4H3. The van der Waals surface area contributed by atoms with Crippen LogP contribution in [0.3, 0.4) is 0 Å². The van der Waals surface area contributed by atoms with Crippen LogP contribution in [-0.2, 0) is 24.0 Å². The van der Waals surface area contributed by atoms with Gasteiger partial charge in [-0.25, -0.2) is 24.3 Å². The summed E-state index contributed by atoms with van der Waals surface area (Å²) in [6.07, 6.45) is 7.10. The van der Waals surface area contributed by atoms with Crippen LogP contribution in [0.4, 0.5) is 4.39 Å². The highest BCUT2D eigenvalue weighted by molar-refractivity contribution is 5.87. The molecule has 0 amide bonds. The van der Waals surface area contributed by atoms with Crippen molar-refractivity contribution < 1.29 is 13.9 Å². The molecule has 5 rings (SSSR count). The summed E-state index contributed by atoms with van der Waals surface area (Å²) in [5.74, 6) is 2.52. The van der Waals surface area contributed by atoms with E-state index < -0.39 is 0 Å². The summed E-state index contributed by atoms with van der Waals surface area (Å²) in [6.45, 7) is 10.9. The molecule has 4 heterocycles. The number of aryl methyl sites for hydroxylation is 3. The summed E-state index contributed by atoms with van der Waals surface area (Å²) in [6, 6.07) is 3.19. The summed E-state index contributed by atoms with van der Waals surface area (Å²) in [5.41, 5.74) is 5.66. The Morgan fingerprint density at radius 2 is 1.97 bits per heavy atom. The lowest BCUT2D eigenvalue weighted by Crippen LogP contribution is -2.07. The van der Waals surface area contributed by atoms with Gasteiger partial charge in [0.05, 0.1) is 18.7 Å². The van der Waals surface area contributed by atoms with Gasteiger partial charge >= 0.3 is 0 Å². The normalized spacial score (nSPS) is 12.6. The summed E-state index contributed by atoms with van der Waals surface area (Å²) in [7, 11) is 0. The summed E-state index contributed by atoms with van der Waals surface area (Å²) < 4.78 is 27.9. The van der Waals surface area contributed by atoms with E-state index >= 15 is 0 Å². The molecule has 34 heavy (non-hydrogen) atoms. The molecule has 1 aromatic carbocycles. The number of ether oxygens (including phenoxy) is 2. The number of aromatic nitrogens is 5. The largest absolute Gasteiger partial charge is 0.493 e. The Kier molecular flexibility index (Phi) is 5.73. The molecule has 0 bridgehead atoms. The number of imidazole rings is 1. The van der Waals surface area contributed by atoms with Gasteiger partial charge in [0.1, 0.15) is 41.0 Å². The molecule has 0 N–H and O–H groups in total. The fourth-order valence-electron chi connectivity index (χ4n) is 4.56. The van der Waals surface area contributed by atoms with Crippen molar-refractivity contribution in [1.82, 2.24) is 24.3 Å². The molecular formula is C26H26FN5O2. The molecule has 3 aromatic heterocycles. The van der Waals surface area contributed by atoms with Crippen LogP contribution in [0.25, 0.3) is 22.4 Å². The molecule has 0 aliphatic carbocycles. The van der Waals surface area contributed by atoms with E-state index in [0.717, 1.165) is 45.9 Å². The molecule has 0 spiro atoms. The van der Waals surface area contributed by atoms with Gasteiger partial charge in [-0.1, -0.05) is 6.58 Å². The maximum atomic E-state index is 14.7. The van der Waals surface area contributed by atoms with E-state index in [9.17, 15) is 4.39 Å². The minimum atomic E-state index is -0.208. The van der Waals surface area contributed by atoms with Crippen LogP contribution in [0.1, 0.15) is 41.1 Å². The zero-order valence-electron chi connectivity index (χ0n) is 19.6. The van der Waals surface area contributed by atoms with Crippen LogP contribution in [0.2, 0.25) is 0 Å². The first-order valence-electron chi connectivity index (χ1n) is 11.4. The van der Waals surface area contributed by atoms with Crippen molar-refractivity contribution in [3.8, 4) is 16.9 Å². The molecule has 174 valence electrons. The second kappa shape index (κ2) is 8.85. The Bertz CT molecular complexity index is 1410. The molecular weight excluding hydrogens is 433 g/mol. The van der Waals surface area contributed by atoms with E-state index in [1.54, 1.807) is 18.6 Å². The van der Waals surface area contributed by atoms with Gasteiger partial charge in [0, 0.05) is 47.6 Å². The second-order valence-electron chi connectivity index (χ2n) is 8.27. The molecule has 8 heteroatoms. The highest BCUT2D eigenvalue weighted by Gasteiger charge is 2.22. The third-order valence-electron chi connectivity index (χ3n) is 6.16. The molecule has 7 nitrogen and oxygen atoms in total. The third kappa shape index (κ3) is 3.79. The quantitative estimate of drug-likeness (QED) is 0.374. The highest BCUT2D eigenvalue weighted by atomic mass is 19.1. The molecule has 0 radical (unpaired) electrons. The number of benzene rings is 1. The van der Waals surface area contributed by atoms with E-state index in [1.807, 2.05) is 31.4 Å². The van der Waals surface area contributed by atoms with Gasteiger partial charge in [0.15, 0.2) is 0 Å². The van der Waals surface area contributed by atoms with E-state index in [2.05, 4.69) is 21.5 Å². The highest BCUT2D eigenvalue weighted by Crippen LogP contribution is 2.33. The molecule has 1 aliphatic rings. The van der Waals surface area contributed by atoms with Crippen LogP contribution in [0.5, 0.6) is 5.75 Å². The van der Waals surface area contributed by atoms with Gasteiger partial charge in [-0.3, -0.25) is 4.40 Å². The number of rotatable bonds is 7. The van der Waals surface area contributed by atoms with Crippen molar-refractivity contribution in [1.29, 1.82) is 0 Å². The van der Waals surface area contributed by atoms with E-state index in [1.165, 1.54) is 6.07 Å². The van der Waals surface area contributed by atoms with Crippen molar-refractivity contribution >= 4 is 11.3 Å². The van der Waals surface area contributed by atoms with Crippen molar-refractivity contribution in [3.05, 3.63) is 77.4 Å². The van der Waals surface area contributed by atoms with Crippen molar-refractivity contribution in [2.45, 2.75) is 40.0 Å². The third-order valence-corrected chi connectivity index (χ3v) is 6.16. The molecule has 0 saturated heterocycles. The average molecular weight is 460 g/mol. The Balaban J connectivity index is 1.60. The maximum Gasteiger partial charge on any atom is 0.139 e. The monoisotopic (exact) mass is 459 g/mol. The molecule has 0 atom stereocenters. The zero-order valence-corrected chi connectivity index (χ0v) is 19.6. The smallest absolute Gasteiger partial charge is 0.139 e. The lowest BCUT2D eigenvalue weighted by Gasteiger charge is -2.14. The first-order valence-corrected chi connectivity index (χ1v) is 11.4. The lowest BCUT2D eigenvalue weighted by atomic mass is 9.99. The van der Waals surface area contributed by atoms with E-state index in [0.29, 0.717) is 48.9 Å². The Labute approximate surface area is 197 Å². The minimum absolute atomic E-state index is 0.208. The zero-order chi connectivity index (χ0) is 23.8. The predicted molar refractivity (Wildman–Crippen MR) is 127 cm³/mol. The van der Waals surface area contributed by atoms with Gasteiger partial charge in [-0.05, 0) is 44.9 Å². The van der Waals surface area contributed by atoms with Gasteiger partial charge in [0.25, 0.3) is 0 Å². The van der Waals surface area contributed by atoms with Gasteiger partial charge < -0.3 is 9.47 Å². The van der Waals surface area contributed by atoms with Gasteiger partial charge in [0.2, 0.25) is 0 Å². The first-order chi connectivity index (χ1) is 16.5.